The zero-order valence-corrected chi connectivity index (χ0v) is 19.0. The highest BCUT2D eigenvalue weighted by atomic mass is 35.5. The molecule has 172 valence electrons. The minimum atomic E-state index is -0.711. The maximum atomic E-state index is 15.6. The van der Waals surface area contributed by atoms with E-state index in [4.69, 9.17) is 23.1 Å². The summed E-state index contributed by atoms with van der Waals surface area (Å²) in [6.07, 6.45) is 5.43. The summed E-state index contributed by atoms with van der Waals surface area (Å²) in [7, 11) is 3.09. The minimum Gasteiger partial charge on any atom is -0.398 e. The predicted molar refractivity (Wildman–Crippen MR) is 125 cm³/mol. The molecule has 1 aliphatic carbocycles. The molecule has 1 fully saturated rings. The van der Waals surface area contributed by atoms with Gasteiger partial charge in [-0.25, -0.2) is 19.0 Å². The fourth-order valence-corrected chi connectivity index (χ4v) is 5.55. The topological polar surface area (TPSA) is 128 Å². The maximum absolute atomic E-state index is 15.6. The van der Waals surface area contributed by atoms with Crippen LogP contribution in [-0.4, -0.2) is 51.2 Å². The molecule has 3 aromatic rings. The molecule has 5 rings (SSSR count). The van der Waals surface area contributed by atoms with Gasteiger partial charge >= 0.3 is 0 Å². The van der Waals surface area contributed by atoms with E-state index in [0.29, 0.717) is 28.9 Å². The van der Waals surface area contributed by atoms with Crippen LogP contribution in [0.2, 0.25) is 5.02 Å². The Balaban J connectivity index is 1.59. The average Bonchev–Trinajstić information content (AvgIpc) is 3.48. The Bertz CT molecular complexity index is 1280. The monoisotopic (exact) mass is 470 g/mol. The highest BCUT2D eigenvalue weighted by molar-refractivity contribution is 6.34. The van der Waals surface area contributed by atoms with Crippen LogP contribution in [0.5, 0.6) is 0 Å². The molecule has 1 saturated carbocycles. The number of hydrogen-bond acceptors (Lipinski definition) is 7. The van der Waals surface area contributed by atoms with Crippen molar-refractivity contribution in [3.05, 3.63) is 46.6 Å². The van der Waals surface area contributed by atoms with Gasteiger partial charge in [0.1, 0.15) is 18.0 Å². The lowest BCUT2D eigenvalue weighted by Gasteiger charge is -2.25. The molecule has 1 amide bonds. The third-order valence-electron chi connectivity index (χ3n) is 6.75. The lowest BCUT2D eigenvalue weighted by Crippen LogP contribution is -2.26. The van der Waals surface area contributed by atoms with Gasteiger partial charge in [-0.3, -0.25) is 4.79 Å². The number of aromatic nitrogens is 4. The maximum Gasteiger partial charge on any atom is 0.258 e. The van der Waals surface area contributed by atoms with Crippen molar-refractivity contribution in [1.29, 1.82) is 0 Å². The number of benzene rings is 1. The molecule has 0 saturated heterocycles. The molecule has 33 heavy (non-hydrogen) atoms. The molecule has 5 N–H and O–H groups in total. The number of nitrogens with two attached hydrogens (primary N) is 2. The number of fused-ring (bicyclic) bond motifs is 2. The predicted octanol–water partition coefficient (Wildman–Crippen LogP) is 3.09. The molecule has 3 heterocycles. The molecule has 11 heteroatoms. The number of hydrogen-bond donors (Lipinski definition) is 3. The number of anilines is 3. The van der Waals surface area contributed by atoms with Gasteiger partial charge in [0.2, 0.25) is 5.95 Å². The van der Waals surface area contributed by atoms with Crippen LogP contribution >= 0.6 is 11.6 Å². The molecule has 9 nitrogen and oxygen atoms in total. The Morgan fingerprint density at radius 1 is 1.30 bits per heavy atom. The number of nitrogens with one attached hydrogen (secondary N) is 1. The highest BCUT2D eigenvalue weighted by Gasteiger charge is 2.48. The Morgan fingerprint density at radius 3 is 2.79 bits per heavy atom. The van der Waals surface area contributed by atoms with E-state index in [0.717, 1.165) is 24.8 Å². The first kappa shape index (κ1) is 21.4. The molecule has 0 bridgehead atoms. The van der Waals surface area contributed by atoms with Gasteiger partial charge in [0.25, 0.3) is 5.91 Å². The standard InChI is InChI=1S/C22H24ClFN8O/c1-31(2)20(33)15-14(25)4-3-12(18(15)24)13-8-27-19-16(17(13)23)22(9-28-19)6-5-11(7-22)32-21(26)29-10-30-32/h3-4,8,10-11H,5-7,9,25H2,1-2H3,(H,27,28)(H2,26,29,30). The Labute approximate surface area is 194 Å². The largest absolute Gasteiger partial charge is 0.398 e. The van der Waals surface area contributed by atoms with E-state index in [9.17, 15) is 4.79 Å². The zero-order chi connectivity index (χ0) is 23.5. The van der Waals surface area contributed by atoms with Crippen LogP contribution in [0.3, 0.4) is 0 Å². The lowest BCUT2D eigenvalue weighted by atomic mass is 9.80. The number of pyridine rings is 1. The van der Waals surface area contributed by atoms with E-state index >= 15 is 4.39 Å². The van der Waals surface area contributed by atoms with Gasteiger partial charge in [-0.05, 0) is 31.4 Å². The van der Waals surface area contributed by atoms with E-state index in [1.807, 2.05) is 0 Å². The third kappa shape index (κ3) is 3.19. The Hall–Kier alpha value is -3.40. The van der Waals surface area contributed by atoms with Crippen molar-refractivity contribution < 1.29 is 9.18 Å². The fraction of sp³-hybridized carbons (Fsp3) is 0.364. The van der Waals surface area contributed by atoms with Crippen LogP contribution in [0.4, 0.5) is 21.8 Å². The fourth-order valence-electron chi connectivity index (χ4n) is 5.11. The summed E-state index contributed by atoms with van der Waals surface area (Å²) in [6, 6.07) is 3.14. The van der Waals surface area contributed by atoms with Crippen LogP contribution in [0, 0.1) is 5.82 Å². The molecular formula is C22H24ClFN8O. The van der Waals surface area contributed by atoms with Crippen molar-refractivity contribution in [3.63, 3.8) is 0 Å². The number of nitrogens with zero attached hydrogens (tertiary/aromatic N) is 5. The van der Waals surface area contributed by atoms with Crippen LogP contribution in [0.1, 0.15) is 41.2 Å². The van der Waals surface area contributed by atoms with Crippen molar-refractivity contribution in [1.82, 2.24) is 24.6 Å². The highest BCUT2D eigenvalue weighted by Crippen LogP contribution is 2.54. The smallest absolute Gasteiger partial charge is 0.258 e. The summed E-state index contributed by atoms with van der Waals surface area (Å²) in [5, 5.41) is 8.05. The molecule has 2 unspecified atom stereocenters. The number of nitrogen functional groups attached to an aromatic ring is 2. The lowest BCUT2D eigenvalue weighted by molar-refractivity contribution is 0.0824. The van der Waals surface area contributed by atoms with Crippen LogP contribution in [-0.2, 0) is 5.41 Å². The summed E-state index contributed by atoms with van der Waals surface area (Å²) in [5.41, 5.74) is 13.0. The number of carbonyl (C=O) groups excluding carboxylic acids is 1. The van der Waals surface area contributed by atoms with Crippen molar-refractivity contribution >= 4 is 35.0 Å². The normalized spacial score (nSPS) is 21.3. The third-order valence-corrected chi connectivity index (χ3v) is 7.15. The molecule has 1 aromatic carbocycles. The summed E-state index contributed by atoms with van der Waals surface area (Å²) >= 11 is 6.94. The number of amides is 1. The Morgan fingerprint density at radius 2 is 2.09 bits per heavy atom. The van der Waals surface area contributed by atoms with Gasteiger partial charge in [0.05, 0.1) is 16.6 Å². The number of rotatable bonds is 3. The van der Waals surface area contributed by atoms with E-state index < -0.39 is 11.7 Å². The molecule has 1 aliphatic heterocycles. The summed E-state index contributed by atoms with van der Waals surface area (Å²) in [4.78, 5) is 22.4. The molecule has 0 radical (unpaired) electrons. The average molecular weight is 471 g/mol. The number of carbonyl (C=O) groups is 1. The van der Waals surface area contributed by atoms with Gasteiger partial charge in [0, 0.05) is 54.6 Å². The van der Waals surface area contributed by atoms with Gasteiger partial charge in [-0.1, -0.05) is 11.6 Å². The van der Waals surface area contributed by atoms with Gasteiger partial charge < -0.3 is 21.7 Å². The first-order chi connectivity index (χ1) is 15.7. The van der Waals surface area contributed by atoms with Crippen LogP contribution < -0.4 is 16.8 Å². The molecule has 2 aliphatic rings. The Kier molecular flexibility index (Phi) is 4.93. The van der Waals surface area contributed by atoms with E-state index in [-0.39, 0.29) is 28.3 Å². The molecule has 1 spiro atoms. The first-order valence-electron chi connectivity index (χ1n) is 10.6. The SMILES string of the molecule is CN(C)C(=O)c1c(N)ccc(-c2cnc3c(c2Cl)C2(CCC(n4ncnc4N)C2)CN3)c1F. The molecule has 2 aromatic heterocycles. The van der Waals surface area contributed by atoms with Crippen molar-refractivity contribution in [2.45, 2.75) is 30.7 Å². The second-order valence-electron chi connectivity index (χ2n) is 8.89. The van der Waals surface area contributed by atoms with Crippen LogP contribution in [0.15, 0.2) is 24.7 Å². The quantitative estimate of drug-likeness (QED) is 0.502. The van der Waals surface area contributed by atoms with E-state index in [1.54, 1.807) is 18.8 Å². The van der Waals surface area contributed by atoms with Crippen molar-refractivity contribution in [3.8, 4) is 11.1 Å². The minimum absolute atomic E-state index is 0.0717. The summed E-state index contributed by atoms with van der Waals surface area (Å²) in [5.74, 6) is -0.157. The number of halogens is 2. The molecular weight excluding hydrogens is 447 g/mol. The summed E-state index contributed by atoms with van der Waals surface area (Å²) < 4.78 is 17.3. The van der Waals surface area contributed by atoms with E-state index in [2.05, 4.69) is 20.4 Å². The first-order valence-corrected chi connectivity index (χ1v) is 11.0. The van der Waals surface area contributed by atoms with Crippen molar-refractivity contribution in [2.75, 3.05) is 37.4 Å². The second kappa shape index (κ2) is 7.58. The summed E-state index contributed by atoms with van der Waals surface area (Å²) in [6.45, 7) is 0.665. The van der Waals surface area contributed by atoms with Crippen LogP contribution in [0.25, 0.3) is 11.1 Å². The van der Waals surface area contributed by atoms with Gasteiger partial charge in [-0.15, -0.1) is 0 Å². The van der Waals surface area contributed by atoms with Gasteiger partial charge in [-0.2, -0.15) is 5.10 Å². The zero-order valence-electron chi connectivity index (χ0n) is 18.3. The van der Waals surface area contributed by atoms with E-state index in [1.165, 1.54) is 29.6 Å². The van der Waals surface area contributed by atoms with Gasteiger partial charge in [0.15, 0.2) is 0 Å². The van der Waals surface area contributed by atoms with Crippen molar-refractivity contribution in [2.24, 2.45) is 0 Å². The second-order valence-corrected chi connectivity index (χ2v) is 9.27. The molecule has 2 atom stereocenters.